The van der Waals surface area contributed by atoms with E-state index in [1.165, 1.54) is 0 Å². The summed E-state index contributed by atoms with van der Waals surface area (Å²) in [4.78, 5) is 26.9. The molecule has 0 aliphatic carbocycles. The number of hydrogen-bond acceptors (Lipinski definition) is 4. The van der Waals surface area contributed by atoms with Crippen molar-refractivity contribution in [2.45, 2.75) is 39.3 Å². The molecule has 0 heterocycles. The van der Waals surface area contributed by atoms with Crippen molar-refractivity contribution in [3.05, 3.63) is 58.1 Å². The predicted molar refractivity (Wildman–Crippen MR) is 123 cm³/mol. The third-order valence-corrected chi connectivity index (χ3v) is 5.46. The van der Waals surface area contributed by atoms with Gasteiger partial charge in [-0.25, -0.2) is 0 Å². The van der Waals surface area contributed by atoms with Crippen LogP contribution in [0.1, 0.15) is 32.3 Å². The highest BCUT2D eigenvalue weighted by atomic mass is 35.5. The van der Waals surface area contributed by atoms with Gasteiger partial charge in [0, 0.05) is 19.5 Å². The van der Waals surface area contributed by atoms with Gasteiger partial charge in [-0.3, -0.25) is 9.59 Å². The van der Waals surface area contributed by atoms with E-state index in [0.717, 1.165) is 11.3 Å². The van der Waals surface area contributed by atoms with Gasteiger partial charge in [-0.15, -0.1) is 0 Å². The Morgan fingerprint density at radius 2 is 1.74 bits per heavy atom. The third-order valence-electron chi connectivity index (χ3n) is 4.72. The van der Waals surface area contributed by atoms with E-state index in [9.17, 15) is 9.59 Å². The van der Waals surface area contributed by atoms with Crippen LogP contribution in [0, 0.1) is 0 Å². The van der Waals surface area contributed by atoms with Crippen LogP contribution in [0.3, 0.4) is 0 Å². The minimum absolute atomic E-state index is 0.136. The van der Waals surface area contributed by atoms with E-state index >= 15 is 0 Å². The highest BCUT2D eigenvalue weighted by Gasteiger charge is 2.25. The monoisotopic (exact) mass is 466 g/mol. The fourth-order valence-corrected chi connectivity index (χ4v) is 3.29. The summed E-state index contributed by atoms with van der Waals surface area (Å²) in [5.74, 6) is 1.12. The molecule has 0 aliphatic heterocycles. The number of methoxy groups -OCH3 is 1. The van der Waals surface area contributed by atoms with Gasteiger partial charge in [0.25, 0.3) is 0 Å². The Kier molecular flexibility index (Phi) is 9.95. The number of likely N-dealkylation sites (N-methyl/N-ethyl adjacent to an activating group) is 1. The van der Waals surface area contributed by atoms with Crippen molar-refractivity contribution in [1.82, 2.24) is 10.2 Å². The minimum atomic E-state index is -0.621. The van der Waals surface area contributed by atoms with Crippen LogP contribution in [-0.2, 0) is 16.1 Å². The normalized spacial score (nSPS) is 11.5. The fraction of sp³-hybridized carbons (Fsp3) is 0.391. The van der Waals surface area contributed by atoms with E-state index in [0.29, 0.717) is 35.4 Å². The van der Waals surface area contributed by atoms with Crippen LogP contribution in [-0.4, -0.2) is 43.0 Å². The molecule has 0 unspecified atom stereocenters. The number of nitrogens with zero attached hydrogens (tertiary/aromatic N) is 1. The molecular weight excluding hydrogens is 439 g/mol. The van der Waals surface area contributed by atoms with Crippen LogP contribution in [0.15, 0.2) is 42.5 Å². The lowest BCUT2D eigenvalue weighted by Crippen LogP contribution is -2.47. The second kappa shape index (κ2) is 12.4. The fourth-order valence-electron chi connectivity index (χ4n) is 2.97. The van der Waals surface area contributed by atoms with Gasteiger partial charge in [0.1, 0.15) is 17.5 Å². The van der Waals surface area contributed by atoms with Crippen molar-refractivity contribution in [1.29, 1.82) is 0 Å². The van der Waals surface area contributed by atoms with Crippen LogP contribution in [0.25, 0.3) is 0 Å². The van der Waals surface area contributed by atoms with Crippen molar-refractivity contribution in [2.75, 3.05) is 20.3 Å². The lowest BCUT2D eigenvalue weighted by atomic mass is 10.1. The molecule has 8 heteroatoms. The summed E-state index contributed by atoms with van der Waals surface area (Å²) in [5.41, 5.74) is 0.799. The molecule has 1 N–H and O–H groups in total. The van der Waals surface area contributed by atoms with Gasteiger partial charge in [0.2, 0.25) is 11.8 Å². The van der Waals surface area contributed by atoms with Crippen LogP contribution in [0.2, 0.25) is 10.0 Å². The Morgan fingerprint density at radius 1 is 1.06 bits per heavy atom. The van der Waals surface area contributed by atoms with Gasteiger partial charge in [0.05, 0.1) is 23.8 Å². The number of amides is 2. The molecule has 6 nitrogen and oxygen atoms in total. The maximum atomic E-state index is 13.0. The molecule has 0 aromatic heterocycles. The average Bonchev–Trinajstić information content (AvgIpc) is 2.77. The van der Waals surface area contributed by atoms with E-state index in [-0.39, 0.29) is 24.8 Å². The smallest absolute Gasteiger partial charge is 0.242 e. The molecule has 0 radical (unpaired) electrons. The van der Waals surface area contributed by atoms with Crippen molar-refractivity contribution >= 4 is 35.0 Å². The van der Waals surface area contributed by atoms with Gasteiger partial charge in [-0.2, -0.15) is 0 Å². The summed E-state index contributed by atoms with van der Waals surface area (Å²) in [6.07, 6.45) is 0.770. The van der Waals surface area contributed by atoms with Gasteiger partial charge < -0.3 is 19.7 Å². The number of carbonyl (C=O) groups excluding carboxylic acids is 2. The number of nitrogens with one attached hydrogen (secondary N) is 1. The molecule has 31 heavy (non-hydrogen) atoms. The summed E-state index contributed by atoms with van der Waals surface area (Å²) < 4.78 is 10.8. The van der Waals surface area contributed by atoms with Crippen molar-refractivity contribution in [3.63, 3.8) is 0 Å². The van der Waals surface area contributed by atoms with Gasteiger partial charge in [0.15, 0.2) is 0 Å². The summed E-state index contributed by atoms with van der Waals surface area (Å²) in [6, 6.07) is 11.8. The zero-order chi connectivity index (χ0) is 22.8. The Labute approximate surface area is 193 Å². The van der Waals surface area contributed by atoms with Crippen LogP contribution >= 0.6 is 23.2 Å². The molecule has 2 aromatic rings. The Morgan fingerprint density at radius 3 is 2.35 bits per heavy atom. The standard InChI is InChI=1S/C23H28Cl2N2O4/c1-4-26-23(29)16(2)27(15-17-7-12-20(24)21(25)14-17)22(28)6-5-13-31-19-10-8-18(30-3)9-11-19/h7-12,14,16H,4-6,13,15H2,1-3H3,(H,26,29)/t16-/m1/s1. The van der Waals surface area contributed by atoms with Crippen LogP contribution in [0.4, 0.5) is 0 Å². The molecule has 0 aliphatic rings. The number of ether oxygens (including phenoxy) is 2. The zero-order valence-electron chi connectivity index (χ0n) is 18.0. The summed E-state index contributed by atoms with van der Waals surface area (Å²) in [6.45, 7) is 4.69. The van der Waals surface area contributed by atoms with Gasteiger partial charge >= 0.3 is 0 Å². The topological polar surface area (TPSA) is 67.9 Å². The van der Waals surface area contributed by atoms with E-state index in [2.05, 4.69) is 5.32 Å². The lowest BCUT2D eigenvalue weighted by Gasteiger charge is -2.29. The number of benzene rings is 2. The summed E-state index contributed by atoms with van der Waals surface area (Å²) in [5, 5.41) is 3.62. The maximum Gasteiger partial charge on any atom is 0.242 e. The van der Waals surface area contributed by atoms with E-state index in [1.54, 1.807) is 37.1 Å². The second-order valence-corrected chi connectivity index (χ2v) is 7.78. The third kappa shape index (κ3) is 7.64. The zero-order valence-corrected chi connectivity index (χ0v) is 19.5. The van der Waals surface area contributed by atoms with Crippen molar-refractivity contribution in [3.8, 4) is 11.5 Å². The quantitative estimate of drug-likeness (QED) is 0.486. The molecule has 168 valence electrons. The van der Waals surface area contributed by atoms with Crippen LogP contribution in [0.5, 0.6) is 11.5 Å². The summed E-state index contributed by atoms with van der Waals surface area (Å²) in [7, 11) is 1.60. The molecule has 0 saturated carbocycles. The molecule has 1 atom stereocenters. The predicted octanol–water partition coefficient (Wildman–Crippen LogP) is 4.71. The SMILES string of the molecule is CCNC(=O)[C@@H](C)N(Cc1ccc(Cl)c(Cl)c1)C(=O)CCCOc1ccc(OC)cc1. The molecule has 0 fully saturated rings. The first-order valence-corrected chi connectivity index (χ1v) is 10.9. The largest absolute Gasteiger partial charge is 0.497 e. The summed E-state index contributed by atoms with van der Waals surface area (Å²) >= 11 is 12.1. The highest BCUT2D eigenvalue weighted by molar-refractivity contribution is 6.42. The molecule has 2 aromatic carbocycles. The number of rotatable bonds is 11. The Hall–Kier alpha value is -2.44. The molecule has 0 bridgehead atoms. The number of carbonyl (C=O) groups is 2. The minimum Gasteiger partial charge on any atom is -0.497 e. The van der Waals surface area contributed by atoms with E-state index in [4.69, 9.17) is 32.7 Å². The number of halogens is 2. The van der Waals surface area contributed by atoms with Crippen molar-refractivity contribution < 1.29 is 19.1 Å². The Bertz CT molecular complexity index is 874. The van der Waals surface area contributed by atoms with E-state index < -0.39 is 6.04 Å². The lowest BCUT2D eigenvalue weighted by molar-refractivity contribution is -0.140. The first kappa shape index (κ1) is 24.8. The molecule has 2 amide bonds. The van der Waals surface area contributed by atoms with Gasteiger partial charge in [-0.1, -0.05) is 29.3 Å². The number of hydrogen-bond donors (Lipinski definition) is 1. The van der Waals surface area contributed by atoms with E-state index in [1.807, 2.05) is 31.2 Å². The first-order valence-electron chi connectivity index (χ1n) is 10.1. The highest BCUT2D eigenvalue weighted by Crippen LogP contribution is 2.24. The van der Waals surface area contributed by atoms with Gasteiger partial charge in [-0.05, 0) is 62.2 Å². The second-order valence-electron chi connectivity index (χ2n) is 6.97. The first-order chi connectivity index (χ1) is 14.8. The Balaban J connectivity index is 1.99. The van der Waals surface area contributed by atoms with Crippen LogP contribution < -0.4 is 14.8 Å². The average molecular weight is 467 g/mol. The van der Waals surface area contributed by atoms with Crippen molar-refractivity contribution in [2.24, 2.45) is 0 Å². The molecular formula is C23H28Cl2N2O4. The molecule has 2 rings (SSSR count). The molecule has 0 spiro atoms. The maximum absolute atomic E-state index is 13.0. The molecule has 0 saturated heterocycles.